The van der Waals surface area contributed by atoms with E-state index in [9.17, 15) is 9.59 Å². The molecule has 0 aliphatic carbocycles. The van der Waals surface area contributed by atoms with E-state index in [2.05, 4.69) is 4.98 Å². The fourth-order valence-electron chi connectivity index (χ4n) is 1.66. The molecule has 0 amide bonds. The lowest BCUT2D eigenvalue weighted by Crippen LogP contribution is -2.31. The first-order valence-electron chi connectivity index (χ1n) is 5.48. The molecule has 0 atom stereocenters. The molecular weight excluding hydrogens is 220 g/mol. The van der Waals surface area contributed by atoms with E-state index in [4.69, 9.17) is 4.42 Å². The molecule has 0 saturated carbocycles. The quantitative estimate of drug-likeness (QED) is 0.863. The number of nitrogens with one attached hydrogen (secondary N) is 1. The van der Waals surface area contributed by atoms with Crippen LogP contribution < -0.4 is 11.2 Å². The summed E-state index contributed by atoms with van der Waals surface area (Å²) in [4.78, 5) is 25.3. The zero-order valence-electron chi connectivity index (χ0n) is 9.82. The third-order valence-electron chi connectivity index (χ3n) is 2.59. The van der Waals surface area contributed by atoms with E-state index in [1.807, 2.05) is 26.0 Å². The summed E-state index contributed by atoms with van der Waals surface area (Å²) in [6.07, 6.45) is 2.17. The molecule has 2 heterocycles. The minimum Gasteiger partial charge on any atom is -0.464 e. The summed E-state index contributed by atoms with van der Waals surface area (Å²) in [6.45, 7) is 4.05. The Morgan fingerprint density at radius 2 is 2.12 bits per heavy atom. The monoisotopic (exact) mass is 234 g/mol. The number of nitrogens with zero attached hydrogens (tertiary/aromatic N) is 1. The minimum atomic E-state index is -0.416. The minimum absolute atomic E-state index is 0.315. The first-order valence-corrected chi connectivity index (χ1v) is 5.48. The Morgan fingerprint density at radius 3 is 2.71 bits per heavy atom. The number of H-pyrrole nitrogens is 1. The highest BCUT2D eigenvalue weighted by atomic mass is 16.3. The van der Waals surface area contributed by atoms with E-state index in [1.165, 1.54) is 4.57 Å². The maximum Gasteiger partial charge on any atom is 0.328 e. The third-order valence-corrected chi connectivity index (χ3v) is 2.59. The van der Waals surface area contributed by atoms with Crippen molar-refractivity contribution in [3.63, 3.8) is 0 Å². The Labute approximate surface area is 97.7 Å². The van der Waals surface area contributed by atoms with Gasteiger partial charge in [0.15, 0.2) is 0 Å². The average molecular weight is 234 g/mol. The molecule has 2 rings (SSSR count). The standard InChI is InChI=1S/C12H14N2O3/c1-3-9-6-14(12(16)13-11(9)15)7-10-5-4-8(2)17-10/h4-6H,3,7H2,1-2H3,(H,13,15,16). The second-order valence-corrected chi connectivity index (χ2v) is 3.91. The molecule has 0 bridgehead atoms. The van der Waals surface area contributed by atoms with Gasteiger partial charge in [0.2, 0.25) is 0 Å². The van der Waals surface area contributed by atoms with Crippen LogP contribution in [0.15, 0.2) is 32.3 Å². The summed E-state index contributed by atoms with van der Waals surface area (Å²) in [7, 11) is 0. The first kappa shape index (κ1) is 11.4. The largest absolute Gasteiger partial charge is 0.464 e. The second kappa shape index (κ2) is 4.45. The number of aromatic nitrogens is 2. The van der Waals surface area contributed by atoms with E-state index in [0.29, 0.717) is 24.3 Å². The maximum atomic E-state index is 11.6. The summed E-state index contributed by atoms with van der Waals surface area (Å²) in [6, 6.07) is 3.66. The van der Waals surface area contributed by atoms with Gasteiger partial charge in [0.1, 0.15) is 11.5 Å². The predicted octanol–water partition coefficient (Wildman–Crippen LogP) is 1.05. The van der Waals surface area contributed by atoms with Crippen LogP contribution in [0.3, 0.4) is 0 Å². The Morgan fingerprint density at radius 1 is 1.35 bits per heavy atom. The van der Waals surface area contributed by atoms with E-state index in [-0.39, 0.29) is 5.56 Å². The van der Waals surface area contributed by atoms with Gasteiger partial charge >= 0.3 is 5.69 Å². The normalized spacial score (nSPS) is 10.7. The van der Waals surface area contributed by atoms with E-state index >= 15 is 0 Å². The molecule has 0 aliphatic heterocycles. The van der Waals surface area contributed by atoms with Crippen molar-refractivity contribution in [3.8, 4) is 0 Å². The molecule has 2 aromatic rings. The summed E-state index contributed by atoms with van der Waals surface area (Å²) in [5, 5.41) is 0. The van der Waals surface area contributed by atoms with Crippen molar-refractivity contribution >= 4 is 0 Å². The van der Waals surface area contributed by atoms with Crippen LogP contribution >= 0.6 is 0 Å². The van der Waals surface area contributed by atoms with E-state index < -0.39 is 5.69 Å². The number of hydrogen-bond donors (Lipinski definition) is 1. The van der Waals surface area contributed by atoms with Gasteiger partial charge in [-0.25, -0.2) is 4.79 Å². The van der Waals surface area contributed by atoms with Gasteiger partial charge in [-0.2, -0.15) is 0 Å². The molecular formula is C12H14N2O3. The molecule has 0 fully saturated rings. The zero-order chi connectivity index (χ0) is 12.4. The Balaban J connectivity index is 2.39. The van der Waals surface area contributed by atoms with Crippen LogP contribution in [0.2, 0.25) is 0 Å². The Kier molecular flexibility index (Phi) is 2.99. The molecule has 1 N–H and O–H groups in total. The van der Waals surface area contributed by atoms with Gasteiger partial charge in [-0.15, -0.1) is 0 Å². The van der Waals surface area contributed by atoms with Crippen molar-refractivity contribution in [2.75, 3.05) is 0 Å². The number of aryl methyl sites for hydroxylation is 2. The molecule has 0 radical (unpaired) electrons. The van der Waals surface area contributed by atoms with Gasteiger partial charge in [0.25, 0.3) is 5.56 Å². The molecule has 2 aromatic heterocycles. The number of hydrogen-bond acceptors (Lipinski definition) is 3. The van der Waals surface area contributed by atoms with Crippen molar-refractivity contribution in [2.45, 2.75) is 26.8 Å². The smallest absolute Gasteiger partial charge is 0.328 e. The Hall–Kier alpha value is -2.04. The van der Waals surface area contributed by atoms with Gasteiger partial charge in [-0.1, -0.05) is 6.92 Å². The number of rotatable bonds is 3. The van der Waals surface area contributed by atoms with Crippen molar-refractivity contribution in [2.24, 2.45) is 0 Å². The fraction of sp³-hybridized carbons (Fsp3) is 0.333. The molecule has 5 nitrogen and oxygen atoms in total. The van der Waals surface area contributed by atoms with Crippen LogP contribution in [0, 0.1) is 6.92 Å². The predicted molar refractivity (Wildman–Crippen MR) is 63.2 cm³/mol. The fourth-order valence-corrected chi connectivity index (χ4v) is 1.66. The molecule has 0 aromatic carbocycles. The molecule has 0 saturated heterocycles. The maximum absolute atomic E-state index is 11.6. The van der Waals surface area contributed by atoms with Crippen molar-refractivity contribution in [1.29, 1.82) is 0 Å². The van der Waals surface area contributed by atoms with Gasteiger partial charge < -0.3 is 4.42 Å². The van der Waals surface area contributed by atoms with Crippen LogP contribution in [0.1, 0.15) is 24.0 Å². The molecule has 90 valence electrons. The molecule has 5 heteroatoms. The molecule has 17 heavy (non-hydrogen) atoms. The zero-order valence-corrected chi connectivity index (χ0v) is 9.82. The van der Waals surface area contributed by atoms with Crippen molar-refractivity contribution in [3.05, 3.63) is 56.3 Å². The van der Waals surface area contributed by atoms with E-state index in [0.717, 1.165) is 5.76 Å². The SMILES string of the molecule is CCc1cn(Cc2ccc(C)o2)c(=O)[nH]c1=O. The van der Waals surface area contributed by atoms with Gasteiger partial charge in [-0.3, -0.25) is 14.3 Å². The first-order chi connectivity index (χ1) is 8.10. The summed E-state index contributed by atoms with van der Waals surface area (Å²) in [5.74, 6) is 1.49. The summed E-state index contributed by atoms with van der Waals surface area (Å²) in [5.41, 5.74) is -0.140. The molecule has 0 unspecified atom stereocenters. The van der Waals surface area contributed by atoms with Crippen molar-refractivity contribution in [1.82, 2.24) is 9.55 Å². The summed E-state index contributed by atoms with van der Waals surface area (Å²) >= 11 is 0. The highest BCUT2D eigenvalue weighted by Gasteiger charge is 2.05. The lowest BCUT2D eigenvalue weighted by Gasteiger charge is -2.04. The topological polar surface area (TPSA) is 68.0 Å². The second-order valence-electron chi connectivity index (χ2n) is 3.91. The average Bonchev–Trinajstić information content (AvgIpc) is 2.68. The van der Waals surface area contributed by atoms with Crippen LogP contribution in [0.5, 0.6) is 0 Å². The number of furan rings is 1. The Bertz CT molecular complexity index is 634. The highest BCUT2D eigenvalue weighted by Crippen LogP contribution is 2.07. The molecule has 0 aliphatic rings. The summed E-state index contributed by atoms with van der Waals surface area (Å²) < 4.78 is 6.84. The van der Waals surface area contributed by atoms with Crippen LogP contribution in [0.4, 0.5) is 0 Å². The number of aromatic amines is 1. The van der Waals surface area contributed by atoms with E-state index in [1.54, 1.807) is 6.20 Å². The highest BCUT2D eigenvalue weighted by molar-refractivity contribution is 5.08. The van der Waals surface area contributed by atoms with Gasteiger partial charge in [-0.05, 0) is 25.5 Å². The van der Waals surface area contributed by atoms with Crippen LogP contribution in [-0.4, -0.2) is 9.55 Å². The van der Waals surface area contributed by atoms with Gasteiger partial charge in [0.05, 0.1) is 6.54 Å². The third kappa shape index (κ3) is 2.38. The molecule has 0 spiro atoms. The lowest BCUT2D eigenvalue weighted by atomic mass is 10.2. The van der Waals surface area contributed by atoms with Crippen LogP contribution in [-0.2, 0) is 13.0 Å². The lowest BCUT2D eigenvalue weighted by molar-refractivity contribution is 0.464. The van der Waals surface area contributed by atoms with Crippen molar-refractivity contribution < 1.29 is 4.42 Å². The van der Waals surface area contributed by atoms with Gasteiger partial charge in [0, 0.05) is 11.8 Å². The van der Waals surface area contributed by atoms with Crippen LogP contribution in [0.25, 0.3) is 0 Å².